The summed E-state index contributed by atoms with van der Waals surface area (Å²) in [5.74, 6) is -0.765. The van der Waals surface area contributed by atoms with Gasteiger partial charge in [0.05, 0.1) is 11.9 Å². The van der Waals surface area contributed by atoms with Crippen molar-refractivity contribution in [1.29, 1.82) is 0 Å². The predicted octanol–water partition coefficient (Wildman–Crippen LogP) is 5.40. The summed E-state index contributed by atoms with van der Waals surface area (Å²) in [4.78, 5) is 37.2. The summed E-state index contributed by atoms with van der Waals surface area (Å²) in [6.45, 7) is 2.21. The molecule has 1 atom stereocenters. The van der Waals surface area contributed by atoms with Crippen molar-refractivity contribution in [3.05, 3.63) is 12.2 Å². The van der Waals surface area contributed by atoms with Gasteiger partial charge in [-0.15, -0.1) is 11.8 Å². The van der Waals surface area contributed by atoms with Crippen LogP contribution >= 0.6 is 11.8 Å². The molecule has 6 heteroatoms. The zero-order valence-corrected chi connectivity index (χ0v) is 19.6. The van der Waals surface area contributed by atoms with Gasteiger partial charge in [-0.25, -0.2) is 4.90 Å². The van der Waals surface area contributed by atoms with Crippen molar-refractivity contribution in [2.45, 2.75) is 108 Å². The number of thioether (sulfide) groups is 1. The number of aliphatic hydroxyl groups excluding tert-OH is 1. The van der Waals surface area contributed by atoms with Gasteiger partial charge in [0, 0.05) is 18.6 Å². The topological polar surface area (TPSA) is 74.7 Å². The van der Waals surface area contributed by atoms with Gasteiger partial charge in [-0.1, -0.05) is 70.4 Å². The molecule has 0 radical (unpaired) electrons. The van der Waals surface area contributed by atoms with Gasteiger partial charge in [0.15, 0.2) is 0 Å². The molecule has 0 aromatic carbocycles. The van der Waals surface area contributed by atoms with Gasteiger partial charge in [-0.05, 0) is 32.1 Å². The first-order valence-electron chi connectivity index (χ1n) is 11.9. The number of hydrogen-bond acceptors (Lipinski definition) is 5. The Labute approximate surface area is 187 Å². The molecule has 3 amide bonds. The van der Waals surface area contributed by atoms with Gasteiger partial charge in [-0.3, -0.25) is 14.4 Å². The van der Waals surface area contributed by atoms with Crippen LogP contribution < -0.4 is 0 Å². The van der Waals surface area contributed by atoms with E-state index in [4.69, 9.17) is 5.11 Å². The van der Waals surface area contributed by atoms with E-state index in [9.17, 15) is 14.4 Å². The monoisotopic (exact) mass is 439 g/mol. The highest BCUT2D eigenvalue weighted by Gasteiger charge is 2.41. The molecule has 1 aliphatic rings. The molecule has 30 heavy (non-hydrogen) atoms. The summed E-state index contributed by atoms with van der Waals surface area (Å²) in [5, 5.41) is 8.34. The molecule has 0 bridgehead atoms. The molecule has 0 spiro atoms. The van der Waals surface area contributed by atoms with E-state index in [-0.39, 0.29) is 25.4 Å². The zero-order valence-electron chi connectivity index (χ0n) is 18.8. The van der Waals surface area contributed by atoms with Crippen LogP contribution in [0.25, 0.3) is 0 Å². The van der Waals surface area contributed by atoms with Gasteiger partial charge in [0.1, 0.15) is 0 Å². The van der Waals surface area contributed by atoms with Crippen LogP contribution in [0, 0.1) is 0 Å². The number of carbonyl (C=O) groups is 3. The van der Waals surface area contributed by atoms with Crippen LogP contribution in [0.3, 0.4) is 0 Å². The predicted molar refractivity (Wildman–Crippen MR) is 124 cm³/mol. The summed E-state index contributed by atoms with van der Waals surface area (Å²) < 4.78 is 0. The van der Waals surface area contributed by atoms with E-state index in [0.29, 0.717) is 5.75 Å². The Morgan fingerprint density at radius 1 is 0.967 bits per heavy atom. The van der Waals surface area contributed by atoms with Crippen LogP contribution in [0.2, 0.25) is 0 Å². The molecular weight excluding hydrogens is 398 g/mol. The Hall–Kier alpha value is -1.14. The van der Waals surface area contributed by atoms with Crippen LogP contribution in [0.15, 0.2) is 12.2 Å². The zero-order chi connectivity index (χ0) is 22.0. The molecule has 5 nitrogen and oxygen atoms in total. The number of unbranched alkanes of at least 4 members (excludes halogenated alkanes) is 11. The Kier molecular flexibility index (Phi) is 15.7. The van der Waals surface area contributed by atoms with E-state index in [0.717, 1.165) is 37.0 Å². The van der Waals surface area contributed by atoms with Gasteiger partial charge in [-0.2, -0.15) is 0 Å². The first-order chi connectivity index (χ1) is 14.6. The highest BCUT2D eigenvalue weighted by atomic mass is 32.2. The molecule has 1 rings (SSSR count). The Morgan fingerprint density at radius 2 is 1.53 bits per heavy atom. The third-order valence-corrected chi connectivity index (χ3v) is 6.61. The first-order valence-corrected chi connectivity index (χ1v) is 12.9. The lowest BCUT2D eigenvalue weighted by atomic mass is 10.1. The Bertz CT molecular complexity index is 535. The third-order valence-electron chi connectivity index (χ3n) is 5.42. The van der Waals surface area contributed by atoms with Crippen molar-refractivity contribution < 1.29 is 19.5 Å². The molecule has 0 aromatic rings. The van der Waals surface area contributed by atoms with Crippen LogP contribution in [-0.4, -0.2) is 45.3 Å². The second kappa shape index (κ2) is 17.5. The van der Waals surface area contributed by atoms with Gasteiger partial charge in [0.25, 0.3) is 0 Å². The van der Waals surface area contributed by atoms with Gasteiger partial charge >= 0.3 is 0 Å². The van der Waals surface area contributed by atoms with Crippen LogP contribution in [0.1, 0.15) is 103 Å². The molecule has 1 N–H and O–H groups in total. The average Bonchev–Trinajstić information content (AvgIpc) is 3.02. The van der Waals surface area contributed by atoms with Gasteiger partial charge in [0.2, 0.25) is 17.7 Å². The van der Waals surface area contributed by atoms with E-state index in [2.05, 4.69) is 19.1 Å². The summed E-state index contributed by atoms with van der Waals surface area (Å²) in [6.07, 6.45) is 20.4. The lowest BCUT2D eigenvalue weighted by Crippen LogP contribution is -2.37. The van der Waals surface area contributed by atoms with Gasteiger partial charge < -0.3 is 5.11 Å². The maximum Gasteiger partial charge on any atom is 0.249 e. The molecule has 1 saturated heterocycles. The summed E-state index contributed by atoms with van der Waals surface area (Å²) in [7, 11) is 0. The fourth-order valence-electron chi connectivity index (χ4n) is 3.65. The molecule has 1 aliphatic heterocycles. The largest absolute Gasteiger partial charge is 0.396 e. The van der Waals surface area contributed by atoms with Crippen molar-refractivity contribution in [3.8, 4) is 0 Å². The van der Waals surface area contributed by atoms with Crippen molar-refractivity contribution in [2.75, 3.05) is 12.4 Å². The van der Waals surface area contributed by atoms with Crippen molar-refractivity contribution in [1.82, 2.24) is 4.90 Å². The average molecular weight is 440 g/mol. The summed E-state index contributed by atoms with van der Waals surface area (Å²) >= 11 is 1.25. The number of hydrogen-bond donors (Lipinski definition) is 1. The normalized spacial score (nSPS) is 16.9. The number of allylic oxidation sites excluding steroid dienone is 2. The minimum absolute atomic E-state index is 0.0362. The molecule has 172 valence electrons. The van der Waals surface area contributed by atoms with Crippen molar-refractivity contribution >= 4 is 29.5 Å². The van der Waals surface area contributed by atoms with E-state index in [1.807, 2.05) is 0 Å². The second-order valence-corrected chi connectivity index (χ2v) is 9.39. The molecule has 0 saturated carbocycles. The van der Waals surface area contributed by atoms with E-state index in [1.165, 1.54) is 63.1 Å². The maximum absolute atomic E-state index is 12.2. The smallest absolute Gasteiger partial charge is 0.249 e. The minimum atomic E-state index is -0.511. The number of carbonyl (C=O) groups excluding carboxylic acids is 3. The number of aliphatic hydroxyl groups is 1. The molecule has 1 fully saturated rings. The number of rotatable bonds is 18. The SMILES string of the molecule is CCCCCCCCC=CCCCCCCCC(=O)N1C(=O)CC(SCCO)C1=O. The Balaban J connectivity index is 2.00. The minimum Gasteiger partial charge on any atom is -0.396 e. The van der Waals surface area contributed by atoms with Crippen LogP contribution in [-0.2, 0) is 14.4 Å². The third kappa shape index (κ3) is 11.3. The summed E-state index contributed by atoms with van der Waals surface area (Å²) in [6, 6.07) is 0. The highest BCUT2D eigenvalue weighted by Crippen LogP contribution is 2.26. The molecule has 1 heterocycles. The second-order valence-electron chi connectivity index (χ2n) is 8.08. The highest BCUT2D eigenvalue weighted by molar-refractivity contribution is 8.00. The fourth-order valence-corrected chi connectivity index (χ4v) is 4.55. The maximum atomic E-state index is 12.2. The van der Waals surface area contributed by atoms with Crippen molar-refractivity contribution in [2.24, 2.45) is 0 Å². The van der Waals surface area contributed by atoms with Crippen molar-refractivity contribution in [3.63, 3.8) is 0 Å². The first kappa shape index (κ1) is 26.9. The lowest BCUT2D eigenvalue weighted by Gasteiger charge is -2.12. The van der Waals surface area contributed by atoms with E-state index < -0.39 is 17.1 Å². The molecule has 0 aromatic heterocycles. The standard InChI is InChI=1S/C24H41NO4S/c1-2-3-4-5-6-7-8-9-10-11-12-13-14-15-16-17-22(27)25-23(28)20-21(24(25)29)30-19-18-26/h9-10,21,26H,2-8,11-20H2,1H3. The molecular formula is C24H41NO4S. The number of nitrogens with zero attached hydrogens (tertiary/aromatic N) is 1. The fraction of sp³-hybridized carbons (Fsp3) is 0.792. The Morgan fingerprint density at radius 3 is 2.13 bits per heavy atom. The number of likely N-dealkylation sites (tertiary alicyclic amines) is 1. The molecule has 0 aliphatic carbocycles. The summed E-state index contributed by atoms with van der Waals surface area (Å²) in [5.41, 5.74) is 0. The number of amides is 3. The molecule has 1 unspecified atom stereocenters. The van der Waals surface area contributed by atoms with E-state index >= 15 is 0 Å². The lowest BCUT2D eigenvalue weighted by molar-refractivity contribution is -0.149. The quantitative estimate of drug-likeness (QED) is 0.176. The van der Waals surface area contributed by atoms with Crippen LogP contribution in [0.5, 0.6) is 0 Å². The van der Waals surface area contributed by atoms with Crippen LogP contribution in [0.4, 0.5) is 0 Å². The van der Waals surface area contributed by atoms with E-state index in [1.54, 1.807) is 0 Å². The number of imide groups is 3.